The molecule has 2 aromatic rings. The maximum atomic E-state index is 12.0. The fourth-order valence-corrected chi connectivity index (χ4v) is 3.76. The number of rotatable bonds is 5. The number of hydrogen-bond donors (Lipinski definition) is 2. The molecule has 2 rings (SSSR count). The molecular weight excluding hydrogens is 310 g/mol. The molecule has 21 heavy (non-hydrogen) atoms. The van der Waals surface area contributed by atoms with Crippen LogP contribution >= 0.6 is 11.8 Å². The largest absolute Gasteiger partial charge is 0.478 e. The summed E-state index contributed by atoms with van der Waals surface area (Å²) in [4.78, 5) is 12.3. The van der Waals surface area contributed by atoms with Crippen molar-refractivity contribution in [3.05, 3.63) is 54.1 Å². The molecule has 2 aromatic carbocycles. The van der Waals surface area contributed by atoms with Gasteiger partial charge in [0.1, 0.15) is 0 Å². The molecule has 0 amide bonds. The lowest BCUT2D eigenvalue weighted by Crippen LogP contribution is -2.19. The first-order valence-corrected chi connectivity index (χ1v) is 8.28. The molecule has 110 valence electrons. The van der Waals surface area contributed by atoms with Crippen LogP contribution in [0.5, 0.6) is 0 Å². The summed E-state index contributed by atoms with van der Waals surface area (Å²) >= 11 is 1.26. The SMILES string of the molecule is CNS(=O)(=O)c1ccccc1Sc1ccc(C(=O)O)cc1. The second kappa shape index (κ2) is 6.30. The quantitative estimate of drug-likeness (QED) is 0.883. The predicted octanol–water partition coefficient (Wildman–Crippen LogP) is 2.44. The molecule has 0 spiro atoms. The first-order chi connectivity index (χ1) is 9.94. The van der Waals surface area contributed by atoms with Crippen LogP contribution in [0.1, 0.15) is 10.4 Å². The third-order valence-electron chi connectivity index (χ3n) is 2.74. The Bertz CT molecular complexity index is 755. The second-order valence-corrected chi connectivity index (χ2v) is 7.06. The van der Waals surface area contributed by atoms with E-state index in [1.165, 1.54) is 37.0 Å². The van der Waals surface area contributed by atoms with Crippen LogP contribution in [0.3, 0.4) is 0 Å². The van der Waals surface area contributed by atoms with Crippen molar-refractivity contribution in [2.45, 2.75) is 14.7 Å². The number of hydrogen-bond acceptors (Lipinski definition) is 4. The lowest BCUT2D eigenvalue weighted by Gasteiger charge is -2.09. The molecule has 0 radical (unpaired) electrons. The zero-order valence-corrected chi connectivity index (χ0v) is 12.7. The van der Waals surface area contributed by atoms with Crippen LogP contribution in [-0.4, -0.2) is 26.5 Å². The van der Waals surface area contributed by atoms with Gasteiger partial charge in [0.05, 0.1) is 10.5 Å². The molecule has 0 fully saturated rings. The Morgan fingerprint density at radius 2 is 1.71 bits per heavy atom. The van der Waals surface area contributed by atoms with E-state index in [2.05, 4.69) is 4.72 Å². The van der Waals surface area contributed by atoms with Crippen molar-refractivity contribution in [2.75, 3.05) is 7.05 Å². The van der Waals surface area contributed by atoms with E-state index >= 15 is 0 Å². The number of benzene rings is 2. The van der Waals surface area contributed by atoms with Gasteiger partial charge in [-0.15, -0.1) is 0 Å². The molecule has 2 N–H and O–H groups in total. The molecule has 0 aliphatic carbocycles. The van der Waals surface area contributed by atoms with Gasteiger partial charge in [-0.3, -0.25) is 0 Å². The first-order valence-electron chi connectivity index (χ1n) is 5.98. The van der Waals surface area contributed by atoms with Gasteiger partial charge >= 0.3 is 5.97 Å². The van der Waals surface area contributed by atoms with Gasteiger partial charge in [0.2, 0.25) is 10.0 Å². The van der Waals surface area contributed by atoms with E-state index in [0.29, 0.717) is 4.90 Å². The highest BCUT2D eigenvalue weighted by atomic mass is 32.2. The van der Waals surface area contributed by atoms with E-state index in [9.17, 15) is 13.2 Å². The molecule has 7 heteroatoms. The summed E-state index contributed by atoms with van der Waals surface area (Å²) in [5, 5.41) is 8.85. The first kappa shape index (κ1) is 15.6. The fourth-order valence-electron chi connectivity index (χ4n) is 1.66. The highest BCUT2D eigenvalue weighted by molar-refractivity contribution is 8.00. The van der Waals surface area contributed by atoms with E-state index in [0.717, 1.165) is 4.90 Å². The van der Waals surface area contributed by atoms with Crippen molar-refractivity contribution >= 4 is 27.8 Å². The van der Waals surface area contributed by atoms with Gasteiger partial charge < -0.3 is 5.11 Å². The van der Waals surface area contributed by atoms with Gasteiger partial charge in [-0.2, -0.15) is 0 Å². The van der Waals surface area contributed by atoms with Gasteiger partial charge in [0.15, 0.2) is 0 Å². The summed E-state index contributed by atoms with van der Waals surface area (Å²) in [6.45, 7) is 0. The van der Waals surface area contributed by atoms with Crippen LogP contribution in [-0.2, 0) is 10.0 Å². The minimum atomic E-state index is -3.54. The number of sulfonamides is 1. The second-order valence-electron chi connectivity index (χ2n) is 4.09. The monoisotopic (exact) mass is 323 g/mol. The van der Waals surface area contributed by atoms with E-state index in [-0.39, 0.29) is 10.5 Å². The smallest absolute Gasteiger partial charge is 0.335 e. The van der Waals surface area contributed by atoms with Crippen molar-refractivity contribution < 1.29 is 18.3 Å². The number of carboxylic acids is 1. The van der Waals surface area contributed by atoms with E-state index in [1.54, 1.807) is 30.3 Å². The number of carbonyl (C=O) groups is 1. The van der Waals surface area contributed by atoms with Gasteiger partial charge in [-0.1, -0.05) is 23.9 Å². The normalized spacial score (nSPS) is 11.3. The minimum absolute atomic E-state index is 0.190. The molecule has 0 heterocycles. The number of nitrogens with one attached hydrogen (secondary N) is 1. The fraction of sp³-hybridized carbons (Fsp3) is 0.0714. The molecule has 0 aromatic heterocycles. The average Bonchev–Trinajstić information content (AvgIpc) is 2.48. The summed E-state index contributed by atoms with van der Waals surface area (Å²) in [5.74, 6) is -0.996. The zero-order chi connectivity index (χ0) is 15.5. The minimum Gasteiger partial charge on any atom is -0.478 e. The zero-order valence-electron chi connectivity index (χ0n) is 11.1. The Morgan fingerprint density at radius 3 is 2.29 bits per heavy atom. The third-order valence-corrected chi connectivity index (χ3v) is 5.42. The van der Waals surface area contributed by atoms with Crippen LogP contribution in [0.15, 0.2) is 63.2 Å². The van der Waals surface area contributed by atoms with E-state index in [1.807, 2.05) is 0 Å². The van der Waals surface area contributed by atoms with Crippen molar-refractivity contribution in [1.82, 2.24) is 4.72 Å². The van der Waals surface area contributed by atoms with Gasteiger partial charge in [-0.05, 0) is 43.4 Å². The molecule has 0 aliphatic rings. The maximum Gasteiger partial charge on any atom is 0.335 e. The van der Waals surface area contributed by atoms with Crippen LogP contribution in [0, 0.1) is 0 Å². The molecule has 0 saturated heterocycles. The average molecular weight is 323 g/mol. The molecule has 0 unspecified atom stereocenters. The van der Waals surface area contributed by atoms with Gasteiger partial charge in [-0.25, -0.2) is 17.9 Å². The Labute approximate surface area is 127 Å². The van der Waals surface area contributed by atoms with Crippen LogP contribution in [0.25, 0.3) is 0 Å². The molecule has 0 atom stereocenters. The van der Waals surface area contributed by atoms with Crippen LogP contribution in [0.4, 0.5) is 0 Å². The van der Waals surface area contributed by atoms with Crippen molar-refractivity contribution in [3.8, 4) is 0 Å². The summed E-state index contributed by atoms with van der Waals surface area (Å²) in [6, 6.07) is 12.9. The summed E-state index contributed by atoms with van der Waals surface area (Å²) < 4.78 is 26.2. The molecule has 0 bridgehead atoms. The molecular formula is C14H13NO4S2. The lowest BCUT2D eigenvalue weighted by molar-refractivity contribution is 0.0697. The molecule has 0 aliphatic heterocycles. The lowest BCUT2D eigenvalue weighted by atomic mass is 10.2. The maximum absolute atomic E-state index is 12.0. The van der Waals surface area contributed by atoms with Crippen LogP contribution < -0.4 is 4.72 Å². The summed E-state index contributed by atoms with van der Waals surface area (Å²) in [6.07, 6.45) is 0. The van der Waals surface area contributed by atoms with Crippen molar-refractivity contribution in [2.24, 2.45) is 0 Å². The predicted molar refractivity (Wildman–Crippen MR) is 80.2 cm³/mol. The van der Waals surface area contributed by atoms with Crippen molar-refractivity contribution in [1.29, 1.82) is 0 Å². The number of aromatic carboxylic acids is 1. The topological polar surface area (TPSA) is 83.5 Å². The molecule has 5 nitrogen and oxygen atoms in total. The Balaban J connectivity index is 2.34. The molecule has 0 saturated carbocycles. The van der Waals surface area contributed by atoms with Gasteiger partial charge in [0, 0.05) is 9.79 Å². The number of carboxylic acid groups (broad SMARTS) is 1. The van der Waals surface area contributed by atoms with E-state index in [4.69, 9.17) is 5.11 Å². The highest BCUT2D eigenvalue weighted by Gasteiger charge is 2.16. The Morgan fingerprint density at radius 1 is 1.10 bits per heavy atom. The summed E-state index contributed by atoms with van der Waals surface area (Å²) in [5.41, 5.74) is 0.190. The Hall–Kier alpha value is -1.83. The third kappa shape index (κ3) is 3.63. The van der Waals surface area contributed by atoms with Gasteiger partial charge in [0.25, 0.3) is 0 Å². The van der Waals surface area contributed by atoms with Crippen molar-refractivity contribution in [3.63, 3.8) is 0 Å². The highest BCUT2D eigenvalue weighted by Crippen LogP contribution is 2.32. The van der Waals surface area contributed by atoms with E-state index < -0.39 is 16.0 Å². The van der Waals surface area contributed by atoms with Crippen LogP contribution in [0.2, 0.25) is 0 Å². The Kier molecular flexibility index (Phi) is 4.66. The standard InChI is InChI=1S/C14H13NO4S2/c1-15-21(18,19)13-5-3-2-4-12(13)20-11-8-6-10(7-9-11)14(16)17/h2-9,15H,1H3,(H,16,17). The summed E-state index contributed by atoms with van der Waals surface area (Å²) in [7, 11) is -2.18.